The number of aromatic amines is 1. The Balaban J connectivity index is 1.92. The maximum Gasteiger partial charge on any atom is 0.204 e. The summed E-state index contributed by atoms with van der Waals surface area (Å²) in [6.07, 6.45) is 5.86. The van der Waals surface area contributed by atoms with Crippen LogP contribution in [0.1, 0.15) is 59.8 Å². The molecule has 2 heterocycles. The minimum absolute atomic E-state index is 0.212. The summed E-state index contributed by atoms with van der Waals surface area (Å²) >= 11 is 0. The Morgan fingerprint density at radius 1 is 1.23 bits per heavy atom. The van der Waals surface area contributed by atoms with Gasteiger partial charge in [0.15, 0.2) is 0 Å². The third-order valence-electron chi connectivity index (χ3n) is 4.20. The predicted molar refractivity (Wildman–Crippen MR) is 103 cm³/mol. The Hall–Kier alpha value is -2.31. The van der Waals surface area contributed by atoms with E-state index in [-0.39, 0.29) is 5.41 Å². The van der Waals surface area contributed by atoms with Gasteiger partial charge in [0.1, 0.15) is 11.6 Å². The zero-order chi connectivity index (χ0) is 19.0. The number of carbonyl (C=O) groups excluding carboxylic acids is 1. The Bertz CT molecular complexity index is 678. The molecular weight excluding hydrogens is 328 g/mol. The number of tetrazole rings is 1. The number of anilines is 1. The van der Waals surface area contributed by atoms with E-state index in [0.29, 0.717) is 24.4 Å². The lowest BCUT2D eigenvalue weighted by atomic mass is 9.89. The molecule has 0 unspecified atom stereocenters. The fourth-order valence-electron chi connectivity index (χ4n) is 2.73. The first-order chi connectivity index (χ1) is 12.4. The van der Waals surface area contributed by atoms with E-state index in [1.165, 1.54) is 0 Å². The van der Waals surface area contributed by atoms with Crippen LogP contribution in [0.15, 0.2) is 18.3 Å². The van der Waals surface area contributed by atoms with Crippen LogP contribution in [0.25, 0.3) is 11.4 Å². The van der Waals surface area contributed by atoms with Crippen LogP contribution < -0.4 is 4.90 Å². The molecule has 0 saturated heterocycles. The van der Waals surface area contributed by atoms with Crippen molar-refractivity contribution in [1.82, 2.24) is 25.6 Å². The summed E-state index contributed by atoms with van der Waals surface area (Å²) in [5.41, 5.74) is 1.09. The van der Waals surface area contributed by atoms with Crippen molar-refractivity contribution in [3.05, 3.63) is 18.3 Å². The first-order valence-corrected chi connectivity index (χ1v) is 9.35. The van der Waals surface area contributed by atoms with E-state index in [2.05, 4.69) is 58.2 Å². The monoisotopic (exact) mass is 358 g/mol. The van der Waals surface area contributed by atoms with Crippen molar-refractivity contribution < 1.29 is 4.79 Å². The van der Waals surface area contributed by atoms with Crippen LogP contribution in [0.4, 0.5) is 5.82 Å². The van der Waals surface area contributed by atoms with Gasteiger partial charge in [-0.05, 0) is 42.0 Å². The largest absolute Gasteiger partial charge is 0.357 e. The smallest absolute Gasteiger partial charge is 0.204 e. The molecule has 7 heteroatoms. The molecule has 2 aromatic heterocycles. The fraction of sp³-hybridized carbons (Fsp3) is 0.632. The van der Waals surface area contributed by atoms with Gasteiger partial charge in [0, 0.05) is 37.7 Å². The van der Waals surface area contributed by atoms with Crippen LogP contribution in [-0.4, -0.2) is 44.5 Å². The topological polar surface area (TPSA) is 87.7 Å². The van der Waals surface area contributed by atoms with Gasteiger partial charge in [-0.3, -0.25) is 4.79 Å². The number of rotatable bonds is 10. The van der Waals surface area contributed by atoms with Gasteiger partial charge in [0.25, 0.3) is 0 Å². The molecular formula is C19H30N6O. The number of nitrogens with one attached hydrogen (secondary N) is 1. The summed E-state index contributed by atoms with van der Waals surface area (Å²) in [4.78, 5) is 18.8. The molecule has 0 bridgehead atoms. The highest BCUT2D eigenvalue weighted by Gasteiger charge is 2.14. The van der Waals surface area contributed by atoms with Crippen LogP contribution in [0, 0.1) is 5.41 Å². The normalized spacial score (nSPS) is 11.5. The van der Waals surface area contributed by atoms with Crippen LogP contribution in [-0.2, 0) is 4.79 Å². The minimum Gasteiger partial charge on any atom is -0.357 e. The van der Waals surface area contributed by atoms with Crippen molar-refractivity contribution in [2.75, 3.05) is 18.0 Å². The van der Waals surface area contributed by atoms with Gasteiger partial charge in [0.05, 0.1) is 0 Å². The molecule has 2 aromatic rings. The average Bonchev–Trinajstić information content (AvgIpc) is 3.13. The van der Waals surface area contributed by atoms with Crippen LogP contribution in [0.2, 0.25) is 0 Å². The average molecular weight is 358 g/mol. The van der Waals surface area contributed by atoms with E-state index >= 15 is 0 Å². The van der Waals surface area contributed by atoms with Crippen LogP contribution >= 0.6 is 0 Å². The molecule has 0 saturated carbocycles. The van der Waals surface area contributed by atoms with Crippen molar-refractivity contribution >= 4 is 11.6 Å². The third-order valence-corrected chi connectivity index (χ3v) is 4.20. The molecule has 26 heavy (non-hydrogen) atoms. The molecule has 0 radical (unpaired) electrons. The van der Waals surface area contributed by atoms with Gasteiger partial charge >= 0.3 is 0 Å². The molecule has 1 N–H and O–H groups in total. The maximum absolute atomic E-state index is 12.1. The summed E-state index contributed by atoms with van der Waals surface area (Å²) < 4.78 is 0. The summed E-state index contributed by atoms with van der Waals surface area (Å²) in [5.74, 6) is 1.80. The van der Waals surface area contributed by atoms with E-state index in [4.69, 9.17) is 0 Å². The number of ketones is 1. The third kappa shape index (κ3) is 6.54. The quantitative estimate of drug-likeness (QED) is 0.697. The van der Waals surface area contributed by atoms with Crippen molar-refractivity contribution in [2.45, 2.75) is 59.8 Å². The highest BCUT2D eigenvalue weighted by Crippen LogP contribution is 2.22. The summed E-state index contributed by atoms with van der Waals surface area (Å²) in [6.45, 7) is 10.4. The van der Waals surface area contributed by atoms with Gasteiger partial charge in [-0.25, -0.2) is 4.98 Å². The first kappa shape index (κ1) is 20.0. The lowest BCUT2D eigenvalue weighted by Crippen LogP contribution is -2.26. The predicted octanol–water partition coefficient (Wildman–Crippen LogP) is 3.65. The van der Waals surface area contributed by atoms with E-state index in [1.807, 2.05) is 12.1 Å². The minimum atomic E-state index is 0.212. The van der Waals surface area contributed by atoms with E-state index in [9.17, 15) is 4.79 Å². The highest BCUT2D eigenvalue weighted by atomic mass is 16.1. The van der Waals surface area contributed by atoms with Gasteiger partial charge in [-0.2, -0.15) is 5.21 Å². The van der Waals surface area contributed by atoms with Crippen molar-refractivity contribution in [1.29, 1.82) is 0 Å². The van der Waals surface area contributed by atoms with Crippen molar-refractivity contribution in [3.63, 3.8) is 0 Å². The number of H-pyrrole nitrogens is 1. The second-order valence-corrected chi connectivity index (χ2v) is 7.83. The fourth-order valence-corrected chi connectivity index (χ4v) is 2.73. The molecule has 0 spiro atoms. The lowest BCUT2D eigenvalue weighted by molar-refractivity contribution is -0.119. The van der Waals surface area contributed by atoms with Gasteiger partial charge in [-0.15, -0.1) is 10.2 Å². The number of hydrogen-bond donors (Lipinski definition) is 1. The standard InChI is InChI=1S/C19H30N6O/c1-5-12-25(13-6-7-16(26)8-10-19(2,3)4)17-14-15(9-11-20-17)18-21-23-24-22-18/h9,11,14H,5-8,10,12-13H2,1-4H3,(H,21,22,23,24). The van der Waals surface area contributed by atoms with Gasteiger partial charge in [0.2, 0.25) is 5.82 Å². The number of aromatic nitrogens is 5. The first-order valence-electron chi connectivity index (χ1n) is 9.35. The molecule has 7 nitrogen and oxygen atoms in total. The molecule has 0 aromatic carbocycles. The summed E-state index contributed by atoms with van der Waals surface area (Å²) in [6, 6.07) is 3.84. The number of nitrogens with zero attached hydrogens (tertiary/aromatic N) is 5. The lowest BCUT2D eigenvalue weighted by Gasteiger charge is -2.23. The van der Waals surface area contributed by atoms with E-state index in [1.54, 1.807) is 6.20 Å². The van der Waals surface area contributed by atoms with Crippen molar-refractivity contribution in [3.8, 4) is 11.4 Å². The second-order valence-electron chi connectivity index (χ2n) is 7.83. The van der Waals surface area contributed by atoms with Gasteiger partial charge in [-0.1, -0.05) is 27.7 Å². The van der Waals surface area contributed by atoms with E-state index in [0.717, 1.165) is 43.7 Å². The molecule has 0 fully saturated rings. The molecule has 0 aliphatic heterocycles. The Morgan fingerprint density at radius 3 is 2.69 bits per heavy atom. The van der Waals surface area contributed by atoms with E-state index < -0.39 is 0 Å². The molecule has 0 atom stereocenters. The Labute approximate surface area is 155 Å². The number of Topliss-reactive ketones (excluding diaryl/α,β-unsaturated/α-hetero) is 1. The number of hydrogen-bond acceptors (Lipinski definition) is 6. The Kier molecular flexibility index (Phi) is 7.24. The summed E-state index contributed by atoms with van der Waals surface area (Å²) in [7, 11) is 0. The van der Waals surface area contributed by atoms with Gasteiger partial charge < -0.3 is 4.90 Å². The molecule has 0 aliphatic carbocycles. The number of pyridine rings is 1. The molecule has 2 rings (SSSR count). The zero-order valence-corrected chi connectivity index (χ0v) is 16.3. The highest BCUT2D eigenvalue weighted by molar-refractivity contribution is 5.78. The Morgan fingerprint density at radius 2 is 2.04 bits per heavy atom. The van der Waals surface area contributed by atoms with Crippen molar-refractivity contribution in [2.24, 2.45) is 5.41 Å². The molecule has 0 amide bonds. The van der Waals surface area contributed by atoms with Crippen LogP contribution in [0.5, 0.6) is 0 Å². The summed E-state index contributed by atoms with van der Waals surface area (Å²) in [5, 5.41) is 14.1. The van der Waals surface area contributed by atoms with Crippen LogP contribution in [0.3, 0.4) is 0 Å². The zero-order valence-electron chi connectivity index (χ0n) is 16.3. The molecule has 142 valence electrons. The number of carbonyl (C=O) groups is 1. The second kappa shape index (κ2) is 9.40. The molecule has 0 aliphatic rings. The SMILES string of the molecule is CCCN(CCCC(=O)CCC(C)(C)C)c1cc(-c2nn[nH]n2)ccn1. The maximum atomic E-state index is 12.1.